The van der Waals surface area contributed by atoms with Crippen LogP contribution >= 0.6 is 12.4 Å². The second-order valence-electron chi connectivity index (χ2n) is 4.47. The molecule has 0 unspecified atom stereocenters. The molecule has 0 atom stereocenters. The molecule has 1 aromatic carbocycles. The molecule has 0 spiro atoms. The van der Waals surface area contributed by atoms with E-state index in [9.17, 15) is 9.59 Å². The average molecular weight is 300 g/mol. The highest BCUT2D eigenvalue weighted by Gasteiger charge is 2.19. The van der Waals surface area contributed by atoms with Gasteiger partial charge in [0.25, 0.3) is 5.91 Å². The largest absolute Gasteiger partial charge is 0.399 e. The molecule has 0 bridgehead atoms. The van der Waals surface area contributed by atoms with Gasteiger partial charge in [0.05, 0.1) is 6.54 Å². The third kappa shape index (κ3) is 4.74. The quantitative estimate of drug-likeness (QED) is 0.811. The summed E-state index contributed by atoms with van der Waals surface area (Å²) in [6.07, 6.45) is 0.796. The van der Waals surface area contributed by atoms with Crippen molar-refractivity contribution in [2.24, 2.45) is 0 Å². The van der Waals surface area contributed by atoms with E-state index < -0.39 is 0 Å². The first kappa shape index (κ1) is 18.2. The van der Waals surface area contributed by atoms with E-state index in [0.717, 1.165) is 12.0 Å². The number of nitrogens with one attached hydrogen (secondary N) is 1. The lowest BCUT2D eigenvalue weighted by atomic mass is 10.1. The SMILES string of the molecule is CCCN(CC(=O)NC)C(=O)c1cc(N)ccc1C.Cl. The summed E-state index contributed by atoms with van der Waals surface area (Å²) in [4.78, 5) is 25.4. The van der Waals surface area contributed by atoms with Gasteiger partial charge in [-0.25, -0.2) is 0 Å². The monoisotopic (exact) mass is 299 g/mol. The number of anilines is 1. The molecule has 0 radical (unpaired) electrons. The molecule has 1 aromatic rings. The number of nitrogens with two attached hydrogens (primary N) is 1. The number of likely N-dealkylation sites (N-methyl/N-ethyl adjacent to an activating group) is 1. The van der Waals surface area contributed by atoms with Crippen LogP contribution in [0.3, 0.4) is 0 Å². The topological polar surface area (TPSA) is 75.4 Å². The number of carbonyl (C=O) groups is 2. The second kappa shape index (κ2) is 8.43. The van der Waals surface area contributed by atoms with Gasteiger partial charge in [0.15, 0.2) is 0 Å². The Morgan fingerprint density at radius 2 is 2.00 bits per heavy atom. The minimum atomic E-state index is -0.177. The molecule has 112 valence electrons. The average Bonchev–Trinajstić information content (AvgIpc) is 2.40. The number of rotatable bonds is 5. The summed E-state index contributed by atoms with van der Waals surface area (Å²) in [5.41, 5.74) is 7.68. The Balaban J connectivity index is 0.00000361. The lowest BCUT2D eigenvalue weighted by Crippen LogP contribution is -2.40. The lowest BCUT2D eigenvalue weighted by molar-refractivity contribution is -0.121. The van der Waals surface area contributed by atoms with Gasteiger partial charge in [-0.15, -0.1) is 12.4 Å². The van der Waals surface area contributed by atoms with Crippen molar-refractivity contribution in [3.05, 3.63) is 29.3 Å². The van der Waals surface area contributed by atoms with Crippen molar-refractivity contribution < 1.29 is 9.59 Å². The second-order valence-corrected chi connectivity index (χ2v) is 4.47. The summed E-state index contributed by atoms with van der Waals surface area (Å²) < 4.78 is 0. The molecule has 0 saturated heterocycles. The van der Waals surface area contributed by atoms with Crippen LogP contribution in [-0.4, -0.2) is 36.9 Å². The summed E-state index contributed by atoms with van der Waals surface area (Å²) in [6, 6.07) is 5.23. The van der Waals surface area contributed by atoms with Crippen LogP contribution in [0.1, 0.15) is 29.3 Å². The Kier molecular flexibility index (Phi) is 7.69. The van der Waals surface area contributed by atoms with Gasteiger partial charge in [0.1, 0.15) is 0 Å². The molecule has 0 aliphatic carbocycles. The number of carbonyl (C=O) groups excluding carboxylic acids is 2. The first-order chi connectivity index (χ1) is 8.99. The van der Waals surface area contributed by atoms with Crippen LogP contribution in [0.4, 0.5) is 5.69 Å². The molecule has 0 aliphatic heterocycles. The molecule has 5 nitrogen and oxygen atoms in total. The first-order valence-corrected chi connectivity index (χ1v) is 6.35. The van der Waals surface area contributed by atoms with Gasteiger partial charge in [-0.1, -0.05) is 13.0 Å². The number of hydrogen-bond acceptors (Lipinski definition) is 3. The standard InChI is InChI=1S/C14H21N3O2.ClH/c1-4-7-17(9-13(18)16-3)14(19)12-8-11(15)6-5-10(12)2;/h5-6,8H,4,7,9,15H2,1-3H3,(H,16,18);1H. The summed E-state index contributed by atoms with van der Waals surface area (Å²) in [5, 5.41) is 2.53. The van der Waals surface area contributed by atoms with Crippen LogP contribution in [0.15, 0.2) is 18.2 Å². The molecule has 0 saturated carbocycles. The predicted octanol–water partition coefficient (Wildman–Crippen LogP) is 1.60. The molecule has 20 heavy (non-hydrogen) atoms. The summed E-state index contributed by atoms with van der Waals surface area (Å²) in [7, 11) is 1.56. The molecule has 0 heterocycles. The van der Waals surface area contributed by atoms with E-state index in [-0.39, 0.29) is 30.8 Å². The zero-order chi connectivity index (χ0) is 14.4. The fraction of sp³-hybridized carbons (Fsp3) is 0.429. The van der Waals surface area contributed by atoms with Crippen molar-refractivity contribution in [3.8, 4) is 0 Å². The number of aryl methyl sites for hydroxylation is 1. The Morgan fingerprint density at radius 1 is 1.35 bits per heavy atom. The van der Waals surface area contributed by atoms with E-state index in [0.29, 0.717) is 17.8 Å². The van der Waals surface area contributed by atoms with E-state index in [2.05, 4.69) is 5.32 Å². The molecule has 1 rings (SSSR count). The van der Waals surface area contributed by atoms with Gasteiger partial charge in [-0.05, 0) is 31.0 Å². The van der Waals surface area contributed by atoms with E-state index in [1.807, 2.05) is 19.9 Å². The van der Waals surface area contributed by atoms with Crippen LogP contribution in [0, 0.1) is 6.92 Å². The van der Waals surface area contributed by atoms with E-state index in [4.69, 9.17) is 5.73 Å². The van der Waals surface area contributed by atoms with Crippen LogP contribution in [0.25, 0.3) is 0 Å². The fourth-order valence-corrected chi connectivity index (χ4v) is 1.82. The third-order valence-electron chi connectivity index (χ3n) is 2.89. The van der Waals surface area contributed by atoms with Crippen molar-refractivity contribution in [3.63, 3.8) is 0 Å². The van der Waals surface area contributed by atoms with Crippen molar-refractivity contribution >= 4 is 29.9 Å². The smallest absolute Gasteiger partial charge is 0.254 e. The Labute approximate surface area is 125 Å². The molecule has 0 aromatic heterocycles. The maximum atomic E-state index is 12.4. The molecular formula is C14H22ClN3O2. The Morgan fingerprint density at radius 3 is 2.55 bits per heavy atom. The molecular weight excluding hydrogens is 278 g/mol. The van der Waals surface area contributed by atoms with Crippen LogP contribution in [-0.2, 0) is 4.79 Å². The van der Waals surface area contributed by atoms with Gasteiger partial charge in [-0.2, -0.15) is 0 Å². The van der Waals surface area contributed by atoms with Crippen molar-refractivity contribution in [1.82, 2.24) is 10.2 Å². The van der Waals surface area contributed by atoms with Gasteiger partial charge in [0, 0.05) is 24.8 Å². The number of halogens is 1. The molecule has 0 fully saturated rings. The highest BCUT2D eigenvalue weighted by atomic mass is 35.5. The van der Waals surface area contributed by atoms with E-state index in [1.54, 1.807) is 24.1 Å². The van der Waals surface area contributed by atoms with Gasteiger partial charge >= 0.3 is 0 Å². The summed E-state index contributed by atoms with van der Waals surface area (Å²) >= 11 is 0. The molecule has 3 N–H and O–H groups in total. The first-order valence-electron chi connectivity index (χ1n) is 6.35. The molecule has 6 heteroatoms. The summed E-state index contributed by atoms with van der Waals surface area (Å²) in [6.45, 7) is 4.44. The van der Waals surface area contributed by atoms with E-state index in [1.165, 1.54) is 0 Å². The van der Waals surface area contributed by atoms with Gasteiger partial charge in [-0.3, -0.25) is 9.59 Å². The van der Waals surface area contributed by atoms with Crippen molar-refractivity contribution in [2.75, 3.05) is 25.9 Å². The lowest BCUT2D eigenvalue weighted by Gasteiger charge is -2.22. The van der Waals surface area contributed by atoms with Gasteiger partial charge in [0.2, 0.25) is 5.91 Å². The number of nitrogens with zero attached hydrogens (tertiary/aromatic N) is 1. The minimum absolute atomic E-state index is 0. The minimum Gasteiger partial charge on any atom is -0.399 e. The van der Waals surface area contributed by atoms with Crippen molar-refractivity contribution in [2.45, 2.75) is 20.3 Å². The Hall–Kier alpha value is -1.75. The van der Waals surface area contributed by atoms with Gasteiger partial charge < -0.3 is 16.0 Å². The molecule has 2 amide bonds. The zero-order valence-corrected chi connectivity index (χ0v) is 12.9. The summed E-state index contributed by atoms with van der Waals surface area (Å²) in [5.74, 6) is -0.335. The normalized spacial score (nSPS) is 9.55. The highest BCUT2D eigenvalue weighted by Crippen LogP contribution is 2.15. The maximum absolute atomic E-state index is 12.4. The number of benzene rings is 1. The predicted molar refractivity (Wildman–Crippen MR) is 83.1 cm³/mol. The van der Waals surface area contributed by atoms with Crippen LogP contribution < -0.4 is 11.1 Å². The maximum Gasteiger partial charge on any atom is 0.254 e. The highest BCUT2D eigenvalue weighted by molar-refractivity contribution is 5.98. The fourth-order valence-electron chi connectivity index (χ4n) is 1.82. The number of hydrogen-bond donors (Lipinski definition) is 2. The van der Waals surface area contributed by atoms with Crippen LogP contribution in [0.5, 0.6) is 0 Å². The third-order valence-corrected chi connectivity index (χ3v) is 2.89. The number of nitrogen functional groups attached to an aromatic ring is 1. The van der Waals surface area contributed by atoms with Crippen molar-refractivity contribution in [1.29, 1.82) is 0 Å². The zero-order valence-electron chi connectivity index (χ0n) is 12.1. The van der Waals surface area contributed by atoms with E-state index >= 15 is 0 Å². The number of amides is 2. The Bertz CT molecular complexity index is 477. The molecule has 0 aliphatic rings. The van der Waals surface area contributed by atoms with Crippen LogP contribution in [0.2, 0.25) is 0 Å².